The fraction of sp³-hybridized carbons (Fsp3) is 0.0500. The van der Waals surface area contributed by atoms with Gasteiger partial charge in [-0.3, -0.25) is 19.3 Å². The van der Waals surface area contributed by atoms with E-state index in [4.69, 9.17) is 0 Å². The number of imide groups is 1. The lowest BCUT2D eigenvalue weighted by atomic mass is 10.0. The van der Waals surface area contributed by atoms with Crippen LogP contribution in [0.2, 0.25) is 0 Å². The molecule has 1 aromatic carbocycles. The molecule has 0 bridgehead atoms. The summed E-state index contributed by atoms with van der Waals surface area (Å²) in [5.41, 5.74) is 2.87. The molecule has 5 rings (SSSR count). The van der Waals surface area contributed by atoms with E-state index in [0.29, 0.717) is 33.2 Å². The molecule has 0 saturated heterocycles. The van der Waals surface area contributed by atoms with Gasteiger partial charge in [0.15, 0.2) is 0 Å². The standard InChI is InChI=1S/C20H11FN2O3/c1-22-19(25)16-14-4-2-3-13-15(24)9-12(10-5-7-11(21)8-6-10)18(23(13)14)17(16)20(22)26/h2-9H,1H3. The monoisotopic (exact) mass is 346 g/mol. The third kappa shape index (κ3) is 1.65. The highest BCUT2D eigenvalue weighted by atomic mass is 19.1. The molecule has 2 amide bonds. The number of fused-ring (bicyclic) bond motifs is 3. The predicted octanol–water partition coefficient (Wildman–Crippen LogP) is 2.92. The molecule has 6 heteroatoms. The lowest BCUT2D eigenvalue weighted by Gasteiger charge is -2.12. The molecule has 26 heavy (non-hydrogen) atoms. The van der Waals surface area contributed by atoms with E-state index >= 15 is 0 Å². The second-order valence-electron chi connectivity index (χ2n) is 6.33. The second kappa shape index (κ2) is 4.76. The largest absolute Gasteiger partial charge is 0.305 e. The first-order chi connectivity index (χ1) is 12.5. The average molecular weight is 346 g/mol. The van der Waals surface area contributed by atoms with Gasteiger partial charge >= 0.3 is 0 Å². The molecule has 3 aromatic heterocycles. The Morgan fingerprint density at radius 2 is 1.50 bits per heavy atom. The highest BCUT2D eigenvalue weighted by Gasteiger charge is 2.39. The van der Waals surface area contributed by atoms with E-state index in [1.54, 1.807) is 34.7 Å². The molecule has 0 radical (unpaired) electrons. The van der Waals surface area contributed by atoms with Gasteiger partial charge in [0, 0.05) is 12.6 Å². The Balaban J connectivity index is 2.04. The van der Waals surface area contributed by atoms with E-state index in [9.17, 15) is 18.8 Å². The van der Waals surface area contributed by atoms with Crippen LogP contribution in [0.25, 0.3) is 27.7 Å². The molecule has 1 aliphatic heterocycles. The number of carbonyl (C=O) groups is 2. The SMILES string of the molecule is CN1C(=O)c2c(c3c(-c4ccc(F)cc4)cc(=O)c4cccc2n34)C1=O. The van der Waals surface area contributed by atoms with Gasteiger partial charge in [0.1, 0.15) is 5.82 Å². The number of rotatable bonds is 1. The Hall–Kier alpha value is -3.54. The first kappa shape index (κ1) is 14.8. The molecule has 0 N–H and O–H groups in total. The topological polar surface area (TPSA) is 58.9 Å². The highest BCUT2D eigenvalue weighted by molar-refractivity contribution is 6.29. The van der Waals surface area contributed by atoms with Crippen LogP contribution in [0, 0.1) is 5.82 Å². The van der Waals surface area contributed by atoms with Crippen LogP contribution < -0.4 is 5.43 Å². The van der Waals surface area contributed by atoms with Crippen molar-refractivity contribution < 1.29 is 14.0 Å². The molecule has 0 atom stereocenters. The van der Waals surface area contributed by atoms with Crippen molar-refractivity contribution >= 4 is 28.4 Å². The van der Waals surface area contributed by atoms with Gasteiger partial charge in [-0.2, -0.15) is 0 Å². The molecule has 0 aliphatic carbocycles. The van der Waals surface area contributed by atoms with Crippen LogP contribution >= 0.6 is 0 Å². The average Bonchev–Trinajstić information content (AvgIpc) is 3.09. The van der Waals surface area contributed by atoms with Gasteiger partial charge in [-0.25, -0.2) is 4.39 Å². The smallest absolute Gasteiger partial charge is 0.263 e. The normalized spacial score (nSPS) is 14.0. The van der Waals surface area contributed by atoms with Crippen molar-refractivity contribution in [3.63, 3.8) is 0 Å². The molecule has 1 aliphatic rings. The predicted molar refractivity (Wildman–Crippen MR) is 94.2 cm³/mol. The lowest BCUT2D eigenvalue weighted by molar-refractivity contribution is 0.0693. The van der Waals surface area contributed by atoms with Gasteiger partial charge < -0.3 is 4.40 Å². The number of benzene rings is 1. The minimum Gasteiger partial charge on any atom is -0.305 e. The zero-order valence-corrected chi connectivity index (χ0v) is 13.6. The van der Waals surface area contributed by atoms with Crippen LogP contribution in [0.15, 0.2) is 53.3 Å². The van der Waals surface area contributed by atoms with Gasteiger partial charge in [-0.15, -0.1) is 0 Å². The van der Waals surface area contributed by atoms with Gasteiger partial charge in [-0.05, 0) is 35.9 Å². The van der Waals surface area contributed by atoms with Crippen LogP contribution in [0.3, 0.4) is 0 Å². The summed E-state index contributed by atoms with van der Waals surface area (Å²) in [7, 11) is 1.44. The summed E-state index contributed by atoms with van der Waals surface area (Å²) in [6.07, 6.45) is 0. The van der Waals surface area contributed by atoms with Crippen molar-refractivity contribution in [3.8, 4) is 11.1 Å². The van der Waals surface area contributed by atoms with Crippen molar-refractivity contribution in [2.24, 2.45) is 0 Å². The van der Waals surface area contributed by atoms with Crippen molar-refractivity contribution in [1.29, 1.82) is 0 Å². The van der Waals surface area contributed by atoms with Gasteiger partial charge in [0.25, 0.3) is 11.8 Å². The van der Waals surface area contributed by atoms with E-state index in [1.165, 1.54) is 25.2 Å². The Kier molecular flexibility index (Phi) is 2.70. The molecule has 5 nitrogen and oxygen atoms in total. The third-order valence-electron chi connectivity index (χ3n) is 4.93. The summed E-state index contributed by atoms with van der Waals surface area (Å²) in [6, 6.07) is 12.2. The third-order valence-corrected chi connectivity index (χ3v) is 4.93. The van der Waals surface area contributed by atoms with Crippen molar-refractivity contribution in [1.82, 2.24) is 9.30 Å². The van der Waals surface area contributed by atoms with Gasteiger partial charge in [0.2, 0.25) is 5.43 Å². The molecule has 4 heterocycles. The maximum atomic E-state index is 13.3. The number of aromatic nitrogens is 1. The number of halogens is 1. The van der Waals surface area contributed by atoms with Gasteiger partial charge in [0.05, 0.1) is 27.7 Å². The molecular weight excluding hydrogens is 335 g/mol. The summed E-state index contributed by atoms with van der Waals surface area (Å²) in [4.78, 5) is 39.0. The molecule has 4 aromatic rings. The number of hydrogen-bond acceptors (Lipinski definition) is 3. The minimum atomic E-state index is -0.406. The molecule has 0 spiro atoms. The van der Waals surface area contributed by atoms with Crippen molar-refractivity contribution in [3.05, 3.63) is 75.7 Å². The van der Waals surface area contributed by atoms with Crippen LogP contribution in [0.4, 0.5) is 4.39 Å². The zero-order valence-electron chi connectivity index (χ0n) is 13.6. The second-order valence-corrected chi connectivity index (χ2v) is 6.33. The maximum Gasteiger partial charge on any atom is 0.263 e. The summed E-state index contributed by atoms with van der Waals surface area (Å²) < 4.78 is 15.0. The maximum absolute atomic E-state index is 13.3. The number of amides is 2. The zero-order chi connectivity index (χ0) is 18.2. The number of carbonyl (C=O) groups excluding carboxylic acids is 2. The molecular formula is C20H11FN2O3. The minimum absolute atomic E-state index is 0.232. The quantitative estimate of drug-likeness (QED) is 0.498. The van der Waals surface area contributed by atoms with Crippen LogP contribution in [-0.4, -0.2) is 28.2 Å². The fourth-order valence-corrected chi connectivity index (χ4v) is 3.73. The van der Waals surface area contributed by atoms with E-state index in [2.05, 4.69) is 0 Å². The van der Waals surface area contributed by atoms with E-state index in [1.807, 2.05) is 0 Å². The van der Waals surface area contributed by atoms with E-state index in [-0.39, 0.29) is 11.0 Å². The summed E-state index contributed by atoms with van der Waals surface area (Å²) in [5.74, 6) is -1.19. The van der Waals surface area contributed by atoms with Gasteiger partial charge in [-0.1, -0.05) is 18.2 Å². The first-order valence-corrected chi connectivity index (χ1v) is 8.01. The van der Waals surface area contributed by atoms with E-state index < -0.39 is 17.6 Å². The first-order valence-electron chi connectivity index (χ1n) is 8.01. The number of hydrogen-bond donors (Lipinski definition) is 0. The van der Waals surface area contributed by atoms with Crippen molar-refractivity contribution in [2.75, 3.05) is 7.05 Å². The Labute approximate surface area is 146 Å². The molecule has 0 fully saturated rings. The van der Waals surface area contributed by atoms with E-state index in [0.717, 1.165) is 4.90 Å². The van der Waals surface area contributed by atoms with Crippen LogP contribution in [0.5, 0.6) is 0 Å². The molecule has 126 valence electrons. The molecule has 0 unspecified atom stereocenters. The molecule has 0 saturated carbocycles. The number of nitrogens with zero attached hydrogens (tertiary/aromatic N) is 2. The summed E-state index contributed by atoms with van der Waals surface area (Å²) >= 11 is 0. The Bertz CT molecular complexity index is 1310. The summed E-state index contributed by atoms with van der Waals surface area (Å²) in [5, 5.41) is 0. The fourth-order valence-electron chi connectivity index (χ4n) is 3.73. The van der Waals surface area contributed by atoms with Crippen molar-refractivity contribution in [2.45, 2.75) is 0 Å². The highest BCUT2D eigenvalue weighted by Crippen LogP contribution is 2.38. The van der Waals surface area contributed by atoms with Crippen LogP contribution in [0.1, 0.15) is 20.7 Å². The van der Waals surface area contributed by atoms with Crippen LogP contribution in [-0.2, 0) is 0 Å². The Morgan fingerprint density at radius 1 is 0.846 bits per heavy atom. The summed E-state index contributed by atoms with van der Waals surface area (Å²) in [6.45, 7) is 0. The Morgan fingerprint density at radius 3 is 2.23 bits per heavy atom. The number of pyridine rings is 2. The lowest BCUT2D eigenvalue weighted by Crippen LogP contribution is -2.25.